The molecule has 4 N–H and O–H groups in total. The molecule has 144 valence electrons. The van der Waals surface area contributed by atoms with E-state index in [1.807, 2.05) is 4.90 Å². The van der Waals surface area contributed by atoms with E-state index < -0.39 is 0 Å². The summed E-state index contributed by atoms with van der Waals surface area (Å²) in [5, 5.41) is 6.45. The Bertz CT molecular complexity index is 725. The average Bonchev–Trinajstić information content (AvgIpc) is 2.70. The summed E-state index contributed by atoms with van der Waals surface area (Å²) in [6, 6.07) is 14.9. The van der Waals surface area contributed by atoms with Crippen LogP contribution < -0.4 is 16.4 Å². The Morgan fingerprint density at radius 3 is 2.30 bits per heavy atom. The number of nitrogens with two attached hydrogens (primary N) is 1. The van der Waals surface area contributed by atoms with Crippen LogP contribution in [0.4, 0.5) is 14.9 Å². The quantitative estimate of drug-likeness (QED) is 0.732. The van der Waals surface area contributed by atoms with Crippen molar-refractivity contribution in [3.8, 4) is 0 Å². The standard InChI is InChI=1S/C21H27FN4O/c22-18-5-1-17(2-6-18)15-24-21(27)26-13-10-20(11-14-26)25-19-7-3-16(4-8-19)9-12-23/h1-8,20,25H,9-15,23H2,(H,24,27). The smallest absolute Gasteiger partial charge is 0.317 e. The predicted molar refractivity (Wildman–Crippen MR) is 106 cm³/mol. The van der Waals surface area contributed by atoms with Gasteiger partial charge in [-0.2, -0.15) is 0 Å². The number of rotatable bonds is 6. The fraction of sp³-hybridized carbons (Fsp3) is 0.381. The number of likely N-dealkylation sites (tertiary alicyclic amines) is 1. The number of anilines is 1. The lowest BCUT2D eigenvalue weighted by atomic mass is 10.0. The molecule has 5 nitrogen and oxygen atoms in total. The molecule has 1 fully saturated rings. The van der Waals surface area contributed by atoms with Gasteiger partial charge < -0.3 is 21.3 Å². The summed E-state index contributed by atoms with van der Waals surface area (Å²) in [5.41, 5.74) is 8.82. The van der Waals surface area contributed by atoms with Gasteiger partial charge in [-0.25, -0.2) is 9.18 Å². The van der Waals surface area contributed by atoms with E-state index in [9.17, 15) is 9.18 Å². The molecule has 0 radical (unpaired) electrons. The Labute approximate surface area is 159 Å². The molecule has 2 aromatic rings. The van der Waals surface area contributed by atoms with Gasteiger partial charge in [-0.15, -0.1) is 0 Å². The molecule has 2 aromatic carbocycles. The number of piperidine rings is 1. The van der Waals surface area contributed by atoms with E-state index >= 15 is 0 Å². The molecule has 0 atom stereocenters. The number of hydrogen-bond donors (Lipinski definition) is 3. The van der Waals surface area contributed by atoms with Gasteiger partial charge in [0.2, 0.25) is 0 Å². The van der Waals surface area contributed by atoms with Crippen molar-refractivity contribution >= 4 is 11.7 Å². The molecule has 0 aromatic heterocycles. The maximum absolute atomic E-state index is 12.9. The van der Waals surface area contributed by atoms with Gasteiger partial charge in [-0.05, 0) is 61.2 Å². The molecule has 27 heavy (non-hydrogen) atoms. The number of carbonyl (C=O) groups is 1. The van der Waals surface area contributed by atoms with Crippen molar-refractivity contribution in [2.75, 3.05) is 25.0 Å². The van der Waals surface area contributed by atoms with Gasteiger partial charge >= 0.3 is 6.03 Å². The highest BCUT2D eigenvalue weighted by Gasteiger charge is 2.22. The van der Waals surface area contributed by atoms with E-state index in [0.717, 1.165) is 43.6 Å². The third-order valence-electron chi connectivity index (χ3n) is 4.90. The third-order valence-corrected chi connectivity index (χ3v) is 4.90. The van der Waals surface area contributed by atoms with Crippen molar-refractivity contribution in [2.45, 2.75) is 31.8 Å². The SMILES string of the molecule is NCCc1ccc(NC2CCN(C(=O)NCc3ccc(F)cc3)CC2)cc1. The van der Waals surface area contributed by atoms with E-state index in [0.29, 0.717) is 19.1 Å². The maximum Gasteiger partial charge on any atom is 0.317 e. The van der Waals surface area contributed by atoms with Gasteiger partial charge in [-0.1, -0.05) is 24.3 Å². The lowest BCUT2D eigenvalue weighted by Crippen LogP contribution is -2.46. The zero-order valence-corrected chi connectivity index (χ0v) is 15.5. The van der Waals surface area contributed by atoms with Crippen LogP contribution in [0, 0.1) is 5.82 Å². The summed E-state index contributed by atoms with van der Waals surface area (Å²) in [7, 11) is 0. The van der Waals surface area contributed by atoms with Gasteiger partial charge in [0.05, 0.1) is 0 Å². The molecular formula is C21H27FN4O. The molecule has 3 rings (SSSR count). The summed E-state index contributed by atoms with van der Waals surface area (Å²) in [4.78, 5) is 14.2. The van der Waals surface area contributed by atoms with Crippen LogP contribution in [0.1, 0.15) is 24.0 Å². The van der Waals surface area contributed by atoms with Gasteiger partial charge in [0.1, 0.15) is 5.82 Å². The van der Waals surface area contributed by atoms with E-state index in [4.69, 9.17) is 5.73 Å². The Morgan fingerprint density at radius 1 is 1.04 bits per heavy atom. The normalized spacial score (nSPS) is 14.8. The van der Waals surface area contributed by atoms with Crippen LogP contribution in [0.25, 0.3) is 0 Å². The zero-order chi connectivity index (χ0) is 19.1. The van der Waals surface area contributed by atoms with E-state index in [2.05, 4.69) is 34.9 Å². The molecule has 1 saturated heterocycles. The largest absolute Gasteiger partial charge is 0.382 e. The highest BCUT2D eigenvalue weighted by atomic mass is 19.1. The third kappa shape index (κ3) is 5.69. The van der Waals surface area contributed by atoms with Crippen LogP contribution in [0.5, 0.6) is 0 Å². The van der Waals surface area contributed by atoms with Crippen molar-refractivity contribution in [3.05, 3.63) is 65.5 Å². The monoisotopic (exact) mass is 370 g/mol. The molecule has 6 heteroatoms. The minimum absolute atomic E-state index is 0.0658. The van der Waals surface area contributed by atoms with Crippen LogP contribution in [0.3, 0.4) is 0 Å². The second kappa shape index (κ2) is 9.37. The van der Waals surface area contributed by atoms with E-state index in [-0.39, 0.29) is 11.8 Å². The van der Waals surface area contributed by atoms with Crippen LogP contribution in [-0.4, -0.2) is 36.6 Å². The van der Waals surface area contributed by atoms with Gasteiger partial charge in [0, 0.05) is 31.4 Å². The Hall–Kier alpha value is -2.60. The number of carbonyl (C=O) groups excluding carboxylic acids is 1. The van der Waals surface area contributed by atoms with Crippen molar-refractivity contribution in [1.82, 2.24) is 10.2 Å². The highest BCUT2D eigenvalue weighted by Crippen LogP contribution is 2.17. The first-order valence-electron chi connectivity index (χ1n) is 9.47. The van der Waals surface area contributed by atoms with E-state index in [1.54, 1.807) is 12.1 Å². The molecule has 1 aliphatic heterocycles. The summed E-state index contributed by atoms with van der Waals surface area (Å²) in [6.07, 6.45) is 2.72. The minimum atomic E-state index is -0.270. The first kappa shape index (κ1) is 19.2. The Kier molecular flexibility index (Phi) is 6.65. The topological polar surface area (TPSA) is 70.4 Å². The average molecular weight is 370 g/mol. The summed E-state index contributed by atoms with van der Waals surface area (Å²) in [5.74, 6) is -0.270. The molecule has 0 unspecified atom stereocenters. The lowest BCUT2D eigenvalue weighted by molar-refractivity contribution is 0.183. The number of hydrogen-bond acceptors (Lipinski definition) is 3. The Morgan fingerprint density at radius 2 is 1.67 bits per heavy atom. The van der Waals surface area contributed by atoms with Crippen molar-refractivity contribution in [1.29, 1.82) is 0 Å². The molecule has 0 saturated carbocycles. The van der Waals surface area contributed by atoms with Gasteiger partial charge in [-0.3, -0.25) is 0 Å². The highest BCUT2D eigenvalue weighted by molar-refractivity contribution is 5.74. The summed E-state index contributed by atoms with van der Waals surface area (Å²) in [6.45, 7) is 2.51. The fourth-order valence-corrected chi connectivity index (χ4v) is 3.29. The fourth-order valence-electron chi connectivity index (χ4n) is 3.29. The number of nitrogens with zero attached hydrogens (tertiary/aromatic N) is 1. The molecule has 1 heterocycles. The van der Waals surface area contributed by atoms with Crippen molar-refractivity contribution in [2.24, 2.45) is 5.73 Å². The molecule has 0 spiro atoms. The second-order valence-electron chi connectivity index (χ2n) is 6.93. The van der Waals surface area contributed by atoms with Crippen LogP contribution in [0.15, 0.2) is 48.5 Å². The first-order chi connectivity index (χ1) is 13.1. The first-order valence-corrected chi connectivity index (χ1v) is 9.47. The Balaban J connectivity index is 1.41. The van der Waals surface area contributed by atoms with Crippen LogP contribution in [-0.2, 0) is 13.0 Å². The second-order valence-corrected chi connectivity index (χ2v) is 6.93. The number of halogens is 1. The molecule has 1 aliphatic rings. The predicted octanol–water partition coefficient (Wildman–Crippen LogP) is 3.11. The van der Waals surface area contributed by atoms with Crippen LogP contribution >= 0.6 is 0 Å². The number of benzene rings is 2. The van der Waals surface area contributed by atoms with Crippen molar-refractivity contribution in [3.63, 3.8) is 0 Å². The van der Waals surface area contributed by atoms with E-state index in [1.165, 1.54) is 17.7 Å². The molecule has 0 bridgehead atoms. The molecule has 0 aliphatic carbocycles. The van der Waals surface area contributed by atoms with Crippen LogP contribution in [0.2, 0.25) is 0 Å². The molecular weight excluding hydrogens is 343 g/mol. The lowest BCUT2D eigenvalue weighted by Gasteiger charge is -2.33. The number of amides is 2. The van der Waals surface area contributed by atoms with Crippen molar-refractivity contribution < 1.29 is 9.18 Å². The number of nitrogens with one attached hydrogen (secondary N) is 2. The molecule has 2 amide bonds. The minimum Gasteiger partial charge on any atom is -0.382 e. The van der Waals surface area contributed by atoms with Gasteiger partial charge in [0.25, 0.3) is 0 Å². The summed E-state index contributed by atoms with van der Waals surface area (Å²) < 4.78 is 12.9. The number of urea groups is 1. The zero-order valence-electron chi connectivity index (χ0n) is 15.5. The summed E-state index contributed by atoms with van der Waals surface area (Å²) >= 11 is 0. The maximum atomic E-state index is 12.9. The van der Waals surface area contributed by atoms with Gasteiger partial charge in [0.15, 0.2) is 0 Å².